The Hall–Kier alpha value is -2.63. The summed E-state index contributed by atoms with van der Waals surface area (Å²) in [5, 5.41) is 5.99. The molecule has 2 N–H and O–H groups in total. The number of rotatable bonds is 7. The summed E-state index contributed by atoms with van der Waals surface area (Å²) in [6, 6.07) is 10.2. The molecule has 6 nitrogen and oxygen atoms in total. The van der Waals surface area contributed by atoms with E-state index in [9.17, 15) is 4.79 Å². The number of hydrogen-bond acceptors (Lipinski definition) is 5. The molecule has 0 spiro atoms. The molecule has 0 radical (unpaired) electrons. The van der Waals surface area contributed by atoms with Crippen molar-refractivity contribution in [3.05, 3.63) is 48.3 Å². The first-order valence-electron chi connectivity index (χ1n) is 7.93. The van der Waals surface area contributed by atoms with E-state index in [0.717, 1.165) is 19.5 Å². The van der Waals surface area contributed by atoms with Crippen LogP contribution in [0.4, 0.5) is 11.6 Å². The molecule has 0 aliphatic carbocycles. The van der Waals surface area contributed by atoms with E-state index in [1.54, 1.807) is 18.5 Å². The summed E-state index contributed by atoms with van der Waals surface area (Å²) in [5.74, 6) is 0.592. The summed E-state index contributed by atoms with van der Waals surface area (Å²) >= 11 is 0. The average molecular weight is 311 g/mol. The van der Waals surface area contributed by atoms with Crippen LogP contribution >= 0.6 is 0 Å². The lowest BCUT2D eigenvalue weighted by Crippen LogP contribution is -2.34. The zero-order valence-electron chi connectivity index (χ0n) is 13.0. The number of carbonyl (C=O) groups excluding carboxylic acids is 1. The smallest absolute Gasteiger partial charge is 0.222 e. The largest absolute Gasteiger partial charge is 0.369 e. The second kappa shape index (κ2) is 7.58. The van der Waals surface area contributed by atoms with Crippen LogP contribution in [0.25, 0.3) is 0 Å². The number of carbonyl (C=O) groups is 1. The molecular weight excluding hydrogens is 290 g/mol. The normalized spacial score (nSPS) is 12.8. The van der Waals surface area contributed by atoms with Gasteiger partial charge in [-0.25, -0.2) is 9.97 Å². The van der Waals surface area contributed by atoms with Crippen molar-refractivity contribution in [2.24, 2.45) is 0 Å². The topological polar surface area (TPSA) is 70.1 Å². The quantitative estimate of drug-likeness (QED) is 0.810. The Balaban J connectivity index is 1.34. The molecule has 3 rings (SSSR count). The number of amides is 1. The van der Waals surface area contributed by atoms with Crippen molar-refractivity contribution in [1.82, 2.24) is 15.3 Å². The van der Waals surface area contributed by atoms with E-state index in [4.69, 9.17) is 0 Å². The molecule has 1 aliphatic heterocycles. The zero-order valence-corrected chi connectivity index (χ0v) is 13.0. The number of hydrogen-bond donors (Lipinski definition) is 2. The second-order valence-electron chi connectivity index (χ2n) is 5.46. The van der Waals surface area contributed by atoms with Crippen molar-refractivity contribution >= 4 is 17.5 Å². The van der Waals surface area contributed by atoms with Gasteiger partial charge in [0.05, 0.1) is 0 Å². The molecular formula is C17H21N5O. The first-order chi connectivity index (χ1) is 11.3. The van der Waals surface area contributed by atoms with E-state index < -0.39 is 0 Å². The van der Waals surface area contributed by atoms with Gasteiger partial charge in [-0.1, -0.05) is 18.2 Å². The third-order valence-corrected chi connectivity index (χ3v) is 3.89. The van der Waals surface area contributed by atoms with Crippen LogP contribution in [0.2, 0.25) is 0 Å². The standard InChI is InChI=1S/C17H21N5O/c23-16(6-10-21-17-19-8-3-9-20-17)18-11-13-22-12-7-14-4-1-2-5-15(14)22/h1-5,8-9H,6-7,10-13H2,(H,18,23)(H,19,20,21). The minimum Gasteiger partial charge on any atom is -0.369 e. The molecule has 2 heterocycles. The molecule has 0 unspecified atom stereocenters. The van der Waals surface area contributed by atoms with Gasteiger partial charge in [-0.15, -0.1) is 0 Å². The maximum absolute atomic E-state index is 11.8. The highest BCUT2D eigenvalue weighted by atomic mass is 16.1. The fourth-order valence-electron chi connectivity index (χ4n) is 2.74. The van der Waals surface area contributed by atoms with Crippen LogP contribution in [0.3, 0.4) is 0 Å². The molecule has 0 saturated heterocycles. The maximum Gasteiger partial charge on any atom is 0.222 e. The summed E-state index contributed by atoms with van der Waals surface area (Å²) in [7, 11) is 0. The van der Waals surface area contributed by atoms with Crippen LogP contribution in [0.15, 0.2) is 42.7 Å². The molecule has 6 heteroatoms. The molecule has 0 fully saturated rings. The van der Waals surface area contributed by atoms with Crippen molar-refractivity contribution < 1.29 is 4.79 Å². The van der Waals surface area contributed by atoms with Gasteiger partial charge in [0, 0.05) is 50.7 Å². The maximum atomic E-state index is 11.8. The number of anilines is 2. The van der Waals surface area contributed by atoms with Crippen LogP contribution in [-0.2, 0) is 11.2 Å². The Morgan fingerprint density at radius 3 is 2.83 bits per heavy atom. The molecule has 0 saturated carbocycles. The lowest BCUT2D eigenvalue weighted by molar-refractivity contribution is -0.120. The Bertz CT molecular complexity index is 646. The number of fused-ring (bicyclic) bond motifs is 1. The van der Waals surface area contributed by atoms with Gasteiger partial charge >= 0.3 is 0 Å². The third kappa shape index (κ3) is 4.18. The van der Waals surface area contributed by atoms with Gasteiger partial charge in [0.25, 0.3) is 0 Å². The highest BCUT2D eigenvalue weighted by Crippen LogP contribution is 2.26. The van der Waals surface area contributed by atoms with Crippen LogP contribution in [-0.4, -0.2) is 42.1 Å². The Kier molecular flexibility index (Phi) is 5.03. The van der Waals surface area contributed by atoms with E-state index in [1.165, 1.54) is 11.3 Å². The SMILES string of the molecule is O=C(CCNc1ncccn1)NCCN1CCc2ccccc21. The molecule has 1 aliphatic rings. The van der Waals surface area contributed by atoms with Gasteiger partial charge in [0.1, 0.15) is 0 Å². The number of nitrogens with zero attached hydrogens (tertiary/aromatic N) is 3. The van der Waals surface area contributed by atoms with Gasteiger partial charge in [0.15, 0.2) is 0 Å². The second-order valence-corrected chi connectivity index (χ2v) is 5.46. The van der Waals surface area contributed by atoms with Crippen molar-refractivity contribution in [3.8, 4) is 0 Å². The van der Waals surface area contributed by atoms with Crippen LogP contribution in [0.1, 0.15) is 12.0 Å². The molecule has 120 valence electrons. The molecule has 0 atom stereocenters. The predicted octanol–water partition coefficient (Wildman–Crippen LogP) is 1.46. The molecule has 1 amide bonds. The van der Waals surface area contributed by atoms with Crippen molar-refractivity contribution in [2.75, 3.05) is 36.4 Å². The Morgan fingerprint density at radius 2 is 1.96 bits per heavy atom. The molecule has 1 aromatic heterocycles. The first-order valence-corrected chi connectivity index (χ1v) is 7.93. The first kappa shape index (κ1) is 15.3. The lowest BCUT2D eigenvalue weighted by atomic mass is 10.2. The van der Waals surface area contributed by atoms with E-state index >= 15 is 0 Å². The summed E-state index contributed by atoms with van der Waals surface area (Å²) < 4.78 is 0. The highest BCUT2D eigenvalue weighted by Gasteiger charge is 2.17. The molecule has 0 bridgehead atoms. The van der Waals surface area contributed by atoms with Gasteiger partial charge in [-0.2, -0.15) is 0 Å². The van der Waals surface area contributed by atoms with E-state index in [0.29, 0.717) is 25.5 Å². The van der Waals surface area contributed by atoms with Gasteiger partial charge in [0.2, 0.25) is 11.9 Å². The van der Waals surface area contributed by atoms with E-state index in [1.807, 2.05) is 0 Å². The summed E-state index contributed by atoms with van der Waals surface area (Å²) in [6.07, 6.45) is 4.84. The van der Waals surface area contributed by atoms with Crippen LogP contribution in [0, 0.1) is 0 Å². The Morgan fingerprint density at radius 1 is 1.13 bits per heavy atom. The van der Waals surface area contributed by atoms with Gasteiger partial charge < -0.3 is 15.5 Å². The number of benzene rings is 1. The summed E-state index contributed by atoms with van der Waals surface area (Å²) in [6.45, 7) is 3.07. The monoisotopic (exact) mass is 311 g/mol. The fourth-order valence-corrected chi connectivity index (χ4v) is 2.74. The minimum absolute atomic E-state index is 0.0425. The average Bonchev–Trinajstić information content (AvgIpc) is 2.99. The van der Waals surface area contributed by atoms with Crippen LogP contribution in [0.5, 0.6) is 0 Å². The van der Waals surface area contributed by atoms with Gasteiger partial charge in [-0.05, 0) is 24.1 Å². The predicted molar refractivity (Wildman–Crippen MR) is 90.5 cm³/mol. The van der Waals surface area contributed by atoms with Crippen molar-refractivity contribution in [1.29, 1.82) is 0 Å². The molecule has 23 heavy (non-hydrogen) atoms. The number of aromatic nitrogens is 2. The van der Waals surface area contributed by atoms with Crippen LogP contribution < -0.4 is 15.5 Å². The van der Waals surface area contributed by atoms with Crippen molar-refractivity contribution in [3.63, 3.8) is 0 Å². The summed E-state index contributed by atoms with van der Waals surface area (Å²) in [4.78, 5) is 22.3. The minimum atomic E-state index is 0.0425. The lowest BCUT2D eigenvalue weighted by Gasteiger charge is -2.19. The number of nitrogens with one attached hydrogen (secondary N) is 2. The molecule has 2 aromatic rings. The van der Waals surface area contributed by atoms with E-state index in [2.05, 4.69) is 49.8 Å². The third-order valence-electron chi connectivity index (χ3n) is 3.89. The Labute approximate surface area is 135 Å². The fraction of sp³-hybridized carbons (Fsp3) is 0.353. The van der Waals surface area contributed by atoms with Gasteiger partial charge in [-0.3, -0.25) is 4.79 Å². The molecule has 1 aromatic carbocycles. The van der Waals surface area contributed by atoms with E-state index in [-0.39, 0.29) is 5.91 Å². The highest BCUT2D eigenvalue weighted by molar-refractivity contribution is 5.76. The number of para-hydroxylation sites is 1. The zero-order chi connectivity index (χ0) is 15.9. The summed E-state index contributed by atoms with van der Waals surface area (Å²) in [5.41, 5.74) is 2.69. The van der Waals surface area contributed by atoms with Crippen molar-refractivity contribution in [2.45, 2.75) is 12.8 Å².